The number of nitro groups is 1. The van der Waals surface area contributed by atoms with Crippen LogP contribution in [0.25, 0.3) is 0 Å². The molecule has 0 aliphatic carbocycles. The second kappa shape index (κ2) is 6.26. The molecule has 1 atom stereocenters. The Kier molecular flexibility index (Phi) is 4.79. The first kappa shape index (κ1) is 19.1. The van der Waals surface area contributed by atoms with E-state index >= 15 is 0 Å². The number of carboxylic acid groups (broad SMARTS) is 1. The molecule has 1 aromatic carbocycles. The van der Waals surface area contributed by atoms with Crippen LogP contribution in [-0.2, 0) is 14.3 Å². The lowest BCUT2D eigenvalue weighted by molar-refractivity contribution is -0.384. The van der Waals surface area contributed by atoms with Gasteiger partial charge in [-0.2, -0.15) is 8.42 Å². The van der Waals surface area contributed by atoms with E-state index in [2.05, 4.69) is 0 Å². The number of hydrogen-bond acceptors (Lipinski definition) is 6. The molecule has 2 rings (SSSR count). The normalized spacial score (nSPS) is 21.3. The van der Waals surface area contributed by atoms with Crippen LogP contribution in [0.15, 0.2) is 29.2 Å². The molecule has 1 aliphatic heterocycles. The van der Waals surface area contributed by atoms with Gasteiger partial charge < -0.3 is 5.11 Å². The van der Waals surface area contributed by atoms with Gasteiger partial charge in [-0.1, -0.05) is 20.8 Å². The lowest BCUT2D eigenvalue weighted by Gasteiger charge is -2.45. The molecule has 9 nitrogen and oxygen atoms in total. The number of rotatable bonds is 4. The van der Waals surface area contributed by atoms with Crippen molar-refractivity contribution in [3.05, 3.63) is 34.4 Å². The minimum atomic E-state index is -4.32. The molecule has 0 bridgehead atoms. The number of likely N-dealkylation sites (tertiary alicyclic amines) is 1. The fraction of sp³-hybridized carbons (Fsp3) is 0.533. The molecule has 10 heteroatoms. The Hall–Kier alpha value is -2.20. The maximum atomic E-state index is 12.7. The van der Waals surface area contributed by atoms with Crippen LogP contribution in [0.3, 0.4) is 0 Å². The summed E-state index contributed by atoms with van der Waals surface area (Å²) in [6, 6.07) is 4.26. The van der Waals surface area contributed by atoms with Crippen molar-refractivity contribution in [3.8, 4) is 0 Å². The number of nitrogens with zero attached hydrogens (tertiary/aromatic N) is 2. The molecular weight excluding hydrogens is 352 g/mol. The highest BCUT2D eigenvalue weighted by Gasteiger charge is 2.56. The number of carbonyl (C=O) groups is 1. The van der Waals surface area contributed by atoms with Gasteiger partial charge in [0.05, 0.1) is 9.82 Å². The third-order valence-corrected chi connectivity index (χ3v) is 5.66. The molecule has 0 aromatic heterocycles. The fourth-order valence-electron chi connectivity index (χ4n) is 3.00. The maximum absolute atomic E-state index is 12.7. The number of amides is 1. The second-order valence-corrected chi connectivity index (χ2v) is 8.41. The molecular formula is C15H20N2O7S. The Morgan fingerprint density at radius 1 is 1.32 bits per heavy atom. The van der Waals surface area contributed by atoms with Crippen LogP contribution in [0.5, 0.6) is 0 Å². The van der Waals surface area contributed by atoms with E-state index in [0.29, 0.717) is 6.42 Å². The second-order valence-electron chi connectivity index (χ2n) is 6.86. The average Bonchev–Trinajstić information content (AvgIpc) is 2.91. The lowest BCUT2D eigenvalue weighted by Crippen LogP contribution is -2.58. The zero-order chi connectivity index (χ0) is 19.0. The van der Waals surface area contributed by atoms with E-state index in [1.165, 1.54) is 0 Å². The molecule has 138 valence electrons. The van der Waals surface area contributed by atoms with Crippen molar-refractivity contribution in [2.45, 2.75) is 44.2 Å². The molecule has 0 saturated carbocycles. The van der Waals surface area contributed by atoms with Gasteiger partial charge in [0.15, 0.2) is 5.72 Å². The SMILES string of the molecule is CC(C)(C)[C@]1(OS(=O)(=O)c2ccc([N+](=O)[O-])cc2)CCCN1C(=O)O. The van der Waals surface area contributed by atoms with Crippen LogP contribution >= 0.6 is 0 Å². The van der Waals surface area contributed by atoms with Crippen LogP contribution in [-0.4, -0.2) is 41.7 Å². The van der Waals surface area contributed by atoms with Gasteiger partial charge in [-0.15, -0.1) is 0 Å². The summed E-state index contributed by atoms with van der Waals surface area (Å²) in [6.07, 6.45) is -0.555. The van der Waals surface area contributed by atoms with Gasteiger partial charge >= 0.3 is 6.09 Å². The summed E-state index contributed by atoms with van der Waals surface area (Å²) < 4.78 is 30.8. The van der Waals surface area contributed by atoms with Crippen molar-refractivity contribution in [2.75, 3.05) is 6.54 Å². The molecule has 25 heavy (non-hydrogen) atoms. The molecule has 1 aromatic rings. The van der Waals surface area contributed by atoms with E-state index in [9.17, 15) is 28.4 Å². The summed E-state index contributed by atoms with van der Waals surface area (Å²) in [6.45, 7) is 5.29. The highest BCUT2D eigenvalue weighted by molar-refractivity contribution is 7.86. The van der Waals surface area contributed by atoms with Crippen molar-refractivity contribution in [3.63, 3.8) is 0 Å². The maximum Gasteiger partial charge on any atom is 0.409 e. The largest absolute Gasteiger partial charge is 0.465 e. The molecule has 1 fully saturated rings. The Labute approximate surface area is 145 Å². The molecule has 1 amide bonds. The number of benzene rings is 1. The Morgan fingerprint density at radius 3 is 2.32 bits per heavy atom. The van der Waals surface area contributed by atoms with Crippen LogP contribution in [0.4, 0.5) is 10.5 Å². The average molecular weight is 372 g/mol. The van der Waals surface area contributed by atoms with E-state index in [4.69, 9.17) is 4.18 Å². The predicted octanol–water partition coefficient (Wildman–Crippen LogP) is 2.82. The highest BCUT2D eigenvalue weighted by atomic mass is 32.2. The molecule has 1 N–H and O–H groups in total. The van der Waals surface area contributed by atoms with Crippen molar-refractivity contribution in [1.29, 1.82) is 0 Å². The van der Waals surface area contributed by atoms with Crippen LogP contribution < -0.4 is 0 Å². The van der Waals surface area contributed by atoms with E-state index in [1.54, 1.807) is 20.8 Å². The smallest absolute Gasteiger partial charge is 0.409 e. The summed E-state index contributed by atoms with van der Waals surface area (Å²) in [7, 11) is -4.32. The first-order valence-electron chi connectivity index (χ1n) is 7.61. The molecule has 1 aliphatic rings. The zero-order valence-electron chi connectivity index (χ0n) is 14.1. The fourth-order valence-corrected chi connectivity index (χ4v) is 4.35. The Morgan fingerprint density at radius 2 is 1.88 bits per heavy atom. The Bertz CT molecular complexity index is 783. The van der Waals surface area contributed by atoms with Crippen molar-refractivity contribution >= 4 is 21.9 Å². The molecule has 1 saturated heterocycles. The van der Waals surface area contributed by atoms with Gasteiger partial charge in [0.25, 0.3) is 15.8 Å². The molecule has 0 radical (unpaired) electrons. The first-order chi connectivity index (χ1) is 11.4. The lowest BCUT2D eigenvalue weighted by atomic mass is 9.81. The third kappa shape index (κ3) is 3.45. The van der Waals surface area contributed by atoms with Crippen molar-refractivity contribution in [1.82, 2.24) is 4.90 Å². The summed E-state index contributed by atoms with van der Waals surface area (Å²) in [4.78, 5) is 22.4. The summed E-state index contributed by atoms with van der Waals surface area (Å²) in [5.41, 5.74) is -2.60. The third-order valence-electron chi connectivity index (χ3n) is 4.32. The quantitative estimate of drug-likeness (QED) is 0.489. The molecule has 1 heterocycles. The van der Waals surface area contributed by atoms with Crippen LogP contribution in [0.1, 0.15) is 33.6 Å². The Balaban J connectivity index is 2.44. The summed E-state index contributed by atoms with van der Waals surface area (Å²) in [5.74, 6) is 0. The minimum absolute atomic E-state index is 0.169. The topological polar surface area (TPSA) is 127 Å². The van der Waals surface area contributed by atoms with E-state index in [1.807, 2.05) is 0 Å². The van der Waals surface area contributed by atoms with Gasteiger partial charge in [0.2, 0.25) is 0 Å². The van der Waals surface area contributed by atoms with Crippen molar-refractivity contribution < 1.29 is 27.4 Å². The standard InChI is InChI=1S/C15H20N2O7S/c1-14(2,3)15(9-4-10-16(15)13(18)19)24-25(22,23)12-7-5-11(6-8-12)17(20)21/h5-8H,4,9-10H2,1-3H3,(H,18,19)/t15-/m1/s1. The van der Waals surface area contributed by atoms with Crippen molar-refractivity contribution in [2.24, 2.45) is 5.41 Å². The monoisotopic (exact) mass is 372 g/mol. The van der Waals surface area contributed by atoms with E-state index in [-0.39, 0.29) is 23.5 Å². The summed E-state index contributed by atoms with van der Waals surface area (Å²) >= 11 is 0. The van der Waals surface area contributed by atoms with E-state index < -0.39 is 32.3 Å². The van der Waals surface area contributed by atoms with Crippen LogP contribution in [0, 0.1) is 15.5 Å². The zero-order valence-corrected chi connectivity index (χ0v) is 14.9. The predicted molar refractivity (Wildman–Crippen MR) is 87.5 cm³/mol. The van der Waals surface area contributed by atoms with Gasteiger partial charge in [-0.25, -0.2) is 8.98 Å². The molecule has 0 unspecified atom stereocenters. The number of hydrogen-bond donors (Lipinski definition) is 1. The van der Waals surface area contributed by atoms with Gasteiger partial charge in [0, 0.05) is 24.1 Å². The van der Waals surface area contributed by atoms with Crippen LogP contribution in [0.2, 0.25) is 0 Å². The molecule has 0 spiro atoms. The highest BCUT2D eigenvalue weighted by Crippen LogP contribution is 2.46. The minimum Gasteiger partial charge on any atom is -0.465 e. The number of nitro benzene ring substituents is 1. The first-order valence-corrected chi connectivity index (χ1v) is 9.02. The number of non-ortho nitro benzene ring substituents is 1. The van der Waals surface area contributed by atoms with Gasteiger partial charge in [-0.3, -0.25) is 15.0 Å². The van der Waals surface area contributed by atoms with Gasteiger partial charge in [0.1, 0.15) is 0 Å². The van der Waals surface area contributed by atoms with Gasteiger partial charge in [-0.05, 0) is 25.0 Å². The van der Waals surface area contributed by atoms with E-state index in [0.717, 1.165) is 29.2 Å². The summed E-state index contributed by atoms with van der Waals surface area (Å²) in [5, 5.41) is 20.1.